The molecule has 1 aliphatic rings. The Labute approximate surface area is 166 Å². The van der Waals surface area contributed by atoms with Crippen LogP contribution in [0.15, 0.2) is 42.6 Å². The molecule has 1 fully saturated rings. The molecule has 3 aromatic rings. The molecule has 0 aliphatic carbocycles. The van der Waals surface area contributed by atoms with E-state index in [9.17, 15) is 9.18 Å². The number of nitrogens with zero attached hydrogens (tertiary/aromatic N) is 3. The van der Waals surface area contributed by atoms with Gasteiger partial charge in [-0.3, -0.25) is 0 Å². The van der Waals surface area contributed by atoms with Gasteiger partial charge in [0.25, 0.3) is 0 Å². The maximum absolute atomic E-state index is 14.1. The van der Waals surface area contributed by atoms with E-state index in [4.69, 9.17) is 0 Å². The lowest BCUT2D eigenvalue weighted by atomic mass is 10.2. The van der Waals surface area contributed by atoms with Crippen LogP contribution in [-0.2, 0) is 0 Å². The van der Waals surface area contributed by atoms with Gasteiger partial charge in [-0.05, 0) is 30.7 Å². The van der Waals surface area contributed by atoms with Crippen molar-refractivity contribution in [2.24, 2.45) is 0 Å². The standard InChI is InChI=1S/C20H20FN5OS/c1-13-12-24-19(22-8-10-26-11-9-23-20(26)27)25-18(13)17-7-6-16(28-17)14-4-2-3-5-15(14)21/h2-7,12H,8-11H2,1H3,(H,23,27)(H,22,24,25). The molecular formula is C20H20FN5OS. The van der Waals surface area contributed by atoms with E-state index in [0.717, 1.165) is 21.0 Å². The summed E-state index contributed by atoms with van der Waals surface area (Å²) < 4.78 is 14.1. The number of benzene rings is 1. The van der Waals surface area contributed by atoms with E-state index < -0.39 is 0 Å². The van der Waals surface area contributed by atoms with Gasteiger partial charge >= 0.3 is 6.03 Å². The number of thiophene rings is 1. The average Bonchev–Trinajstić information content (AvgIpc) is 3.33. The lowest BCUT2D eigenvalue weighted by Crippen LogP contribution is -2.32. The molecule has 6 nitrogen and oxygen atoms in total. The Bertz CT molecular complexity index is 1010. The third-order valence-corrected chi connectivity index (χ3v) is 5.69. The normalized spacial score (nSPS) is 13.6. The maximum atomic E-state index is 14.1. The Morgan fingerprint density at radius 1 is 1.25 bits per heavy atom. The SMILES string of the molecule is Cc1cnc(NCCN2CCNC2=O)nc1-c1ccc(-c2ccccc2F)s1. The highest BCUT2D eigenvalue weighted by molar-refractivity contribution is 7.18. The topological polar surface area (TPSA) is 70.2 Å². The summed E-state index contributed by atoms with van der Waals surface area (Å²) in [6.45, 7) is 4.52. The molecule has 3 heterocycles. The molecule has 4 rings (SSSR count). The monoisotopic (exact) mass is 397 g/mol. The lowest BCUT2D eigenvalue weighted by molar-refractivity contribution is 0.219. The van der Waals surface area contributed by atoms with Crippen molar-refractivity contribution < 1.29 is 9.18 Å². The first kappa shape index (κ1) is 18.4. The van der Waals surface area contributed by atoms with E-state index in [0.29, 0.717) is 37.7 Å². The number of hydrogen-bond donors (Lipinski definition) is 2. The van der Waals surface area contributed by atoms with Gasteiger partial charge in [-0.25, -0.2) is 19.2 Å². The van der Waals surface area contributed by atoms with Crippen LogP contribution in [0.1, 0.15) is 5.56 Å². The van der Waals surface area contributed by atoms with Crippen molar-refractivity contribution in [3.63, 3.8) is 0 Å². The number of rotatable bonds is 6. The van der Waals surface area contributed by atoms with Gasteiger partial charge in [-0.15, -0.1) is 11.3 Å². The van der Waals surface area contributed by atoms with Gasteiger partial charge in [0.1, 0.15) is 5.82 Å². The van der Waals surface area contributed by atoms with Crippen LogP contribution >= 0.6 is 11.3 Å². The fraction of sp³-hybridized carbons (Fsp3) is 0.250. The largest absolute Gasteiger partial charge is 0.352 e. The zero-order valence-corrected chi connectivity index (χ0v) is 16.2. The first-order valence-corrected chi connectivity index (χ1v) is 9.89. The van der Waals surface area contributed by atoms with Gasteiger partial charge in [-0.2, -0.15) is 0 Å². The highest BCUT2D eigenvalue weighted by atomic mass is 32.1. The van der Waals surface area contributed by atoms with Crippen LogP contribution in [0.25, 0.3) is 21.0 Å². The predicted octanol–water partition coefficient (Wildman–Crippen LogP) is 3.76. The minimum atomic E-state index is -0.233. The Kier molecular flexibility index (Phi) is 5.21. The van der Waals surface area contributed by atoms with Crippen molar-refractivity contribution in [2.75, 3.05) is 31.5 Å². The highest BCUT2D eigenvalue weighted by Crippen LogP contribution is 2.36. The number of halogens is 1. The molecule has 2 amide bonds. The second-order valence-corrected chi connectivity index (χ2v) is 7.60. The van der Waals surface area contributed by atoms with E-state index in [1.165, 1.54) is 17.4 Å². The number of carbonyl (C=O) groups is 1. The number of hydrogen-bond acceptors (Lipinski definition) is 5. The molecule has 28 heavy (non-hydrogen) atoms. The lowest BCUT2D eigenvalue weighted by Gasteiger charge is -2.14. The van der Waals surface area contributed by atoms with Crippen molar-refractivity contribution in [3.05, 3.63) is 54.0 Å². The fourth-order valence-electron chi connectivity index (χ4n) is 3.07. The molecular weight excluding hydrogens is 377 g/mol. The van der Waals surface area contributed by atoms with Crippen LogP contribution in [0.3, 0.4) is 0 Å². The summed E-state index contributed by atoms with van der Waals surface area (Å²) in [5, 5.41) is 5.96. The molecule has 2 N–H and O–H groups in total. The summed E-state index contributed by atoms with van der Waals surface area (Å²) in [6.07, 6.45) is 1.77. The molecule has 0 spiro atoms. The molecule has 1 saturated heterocycles. The van der Waals surface area contributed by atoms with E-state index in [1.54, 1.807) is 23.2 Å². The Hall–Kier alpha value is -3.00. The molecule has 1 aromatic carbocycles. The summed E-state index contributed by atoms with van der Waals surface area (Å²) in [4.78, 5) is 24.1. The summed E-state index contributed by atoms with van der Waals surface area (Å²) in [5.41, 5.74) is 2.36. The van der Waals surface area contributed by atoms with Crippen LogP contribution in [0.4, 0.5) is 15.1 Å². The minimum absolute atomic E-state index is 0.0356. The molecule has 0 atom stereocenters. The van der Waals surface area contributed by atoms with Crippen LogP contribution in [0, 0.1) is 12.7 Å². The zero-order chi connectivity index (χ0) is 19.5. The summed E-state index contributed by atoms with van der Waals surface area (Å²) >= 11 is 1.50. The predicted molar refractivity (Wildman–Crippen MR) is 109 cm³/mol. The average molecular weight is 397 g/mol. The number of urea groups is 1. The Balaban J connectivity index is 1.50. The molecule has 1 aliphatic heterocycles. The quantitative estimate of drug-likeness (QED) is 0.665. The summed E-state index contributed by atoms with van der Waals surface area (Å²) in [7, 11) is 0. The van der Waals surface area contributed by atoms with Crippen LogP contribution < -0.4 is 10.6 Å². The first-order chi connectivity index (χ1) is 13.6. The second kappa shape index (κ2) is 7.93. The number of aryl methyl sites for hydroxylation is 1. The number of aromatic nitrogens is 2. The molecule has 0 saturated carbocycles. The van der Waals surface area contributed by atoms with Crippen LogP contribution in [-0.4, -0.2) is 47.1 Å². The smallest absolute Gasteiger partial charge is 0.317 e. The molecule has 0 unspecified atom stereocenters. The number of anilines is 1. The van der Waals surface area contributed by atoms with E-state index in [1.807, 2.05) is 25.1 Å². The minimum Gasteiger partial charge on any atom is -0.352 e. The number of amides is 2. The van der Waals surface area contributed by atoms with Gasteiger partial charge in [0, 0.05) is 42.8 Å². The molecule has 0 radical (unpaired) electrons. The van der Waals surface area contributed by atoms with Gasteiger partial charge in [0.05, 0.1) is 10.6 Å². The van der Waals surface area contributed by atoms with E-state index in [2.05, 4.69) is 20.6 Å². The molecule has 0 bridgehead atoms. The second-order valence-electron chi connectivity index (χ2n) is 6.51. The maximum Gasteiger partial charge on any atom is 0.317 e. The van der Waals surface area contributed by atoms with Crippen LogP contribution in [0.5, 0.6) is 0 Å². The summed E-state index contributed by atoms with van der Waals surface area (Å²) in [6, 6.07) is 10.6. The van der Waals surface area contributed by atoms with Crippen molar-refractivity contribution in [2.45, 2.75) is 6.92 Å². The number of nitrogens with one attached hydrogen (secondary N) is 2. The van der Waals surface area contributed by atoms with Crippen LogP contribution in [0.2, 0.25) is 0 Å². The zero-order valence-electron chi connectivity index (χ0n) is 15.4. The number of carbonyl (C=O) groups excluding carboxylic acids is 1. The van der Waals surface area contributed by atoms with E-state index in [-0.39, 0.29) is 11.8 Å². The van der Waals surface area contributed by atoms with Crippen molar-refractivity contribution in [1.82, 2.24) is 20.2 Å². The van der Waals surface area contributed by atoms with Crippen molar-refractivity contribution in [1.29, 1.82) is 0 Å². The van der Waals surface area contributed by atoms with Crippen molar-refractivity contribution in [3.8, 4) is 21.0 Å². The van der Waals surface area contributed by atoms with Gasteiger partial charge in [0.15, 0.2) is 0 Å². The van der Waals surface area contributed by atoms with Gasteiger partial charge < -0.3 is 15.5 Å². The molecule has 2 aromatic heterocycles. The third kappa shape index (κ3) is 3.82. The molecule has 144 valence electrons. The third-order valence-electron chi connectivity index (χ3n) is 4.56. The van der Waals surface area contributed by atoms with E-state index >= 15 is 0 Å². The Morgan fingerprint density at radius 2 is 2.07 bits per heavy atom. The van der Waals surface area contributed by atoms with Gasteiger partial charge in [-0.1, -0.05) is 18.2 Å². The first-order valence-electron chi connectivity index (χ1n) is 9.07. The summed E-state index contributed by atoms with van der Waals surface area (Å²) in [5.74, 6) is 0.282. The fourth-order valence-corrected chi connectivity index (χ4v) is 4.16. The highest BCUT2D eigenvalue weighted by Gasteiger charge is 2.18. The van der Waals surface area contributed by atoms with Crippen molar-refractivity contribution >= 4 is 23.3 Å². The molecule has 8 heteroatoms. The van der Waals surface area contributed by atoms with Gasteiger partial charge in [0.2, 0.25) is 5.95 Å². The Morgan fingerprint density at radius 3 is 2.86 bits per heavy atom.